The van der Waals surface area contributed by atoms with E-state index >= 15 is 0 Å². The van der Waals surface area contributed by atoms with Gasteiger partial charge in [0.05, 0.1) is 7.11 Å². The van der Waals surface area contributed by atoms with E-state index in [1.807, 2.05) is 30.3 Å². The summed E-state index contributed by atoms with van der Waals surface area (Å²) in [5.74, 6) is 2.26. The second kappa shape index (κ2) is 6.56. The van der Waals surface area contributed by atoms with E-state index in [4.69, 9.17) is 9.15 Å². The van der Waals surface area contributed by atoms with Crippen molar-refractivity contribution in [1.82, 2.24) is 10.2 Å². The van der Waals surface area contributed by atoms with Crippen LogP contribution in [0, 0.1) is 5.92 Å². The highest BCUT2D eigenvalue weighted by atomic mass is 16.5. The largest absolute Gasteiger partial charge is 0.497 e. The third kappa shape index (κ3) is 3.16. The summed E-state index contributed by atoms with van der Waals surface area (Å²) >= 11 is 0. The van der Waals surface area contributed by atoms with Crippen LogP contribution in [0.2, 0.25) is 0 Å². The SMILES string of the molecule is COc1cccc(-c2ccc(C(=O)N[C@H]3CN4CCC3CC4C)o2)c1. The summed E-state index contributed by atoms with van der Waals surface area (Å²) < 4.78 is 11.0. The van der Waals surface area contributed by atoms with Crippen LogP contribution in [0.5, 0.6) is 5.75 Å². The highest BCUT2D eigenvalue weighted by Gasteiger charge is 2.39. The van der Waals surface area contributed by atoms with Crippen LogP contribution in [0.3, 0.4) is 0 Å². The van der Waals surface area contributed by atoms with Crippen LogP contribution in [0.15, 0.2) is 40.8 Å². The van der Waals surface area contributed by atoms with E-state index in [1.54, 1.807) is 13.2 Å². The lowest BCUT2D eigenvalue weighted by molar-refractivity contribution is 0.0269. The van der Waals surface area contributed by atoms with E-state index in [2.05, 4.69) is 17.1 Å². The summed E-state index contributed by atoms with van der Waals surface area (Å²) in [5.41, 5.74) is 0.898. The lowest BCUT2D eigenvalue weighted by atomic mass is 9.80. The predicted molar refractivity (Wildman–Crippen MR) is 95.7 cm³/mol. The fourth-order valence-corrected chi connectivity index (χ4v) is 4.09. The number of rotatable bonds is 4. The number of fused-ring (bicyclic) bond motifs is 3. The van der Waals surface area contributed by atoms with Crippen molar-refractivity contribution in [3.8, 4) is 17.1 Å². The van der Waals surface area contributed by atoms with Gasteiger partial charge in [0, 0.05) is 24.2 Å². The molecule has 5 nitrogen and oxygen atoms in total. The molecule has 5 rings (SSSR count). The number of hydrogen-bond donors (Lipinski definition) is 1. The van der Waals surface area contributed by atoms with Crippen molar-refractivity contribution in [3.63, 3.8) is 0 Å². The van der Waals surface area contributed by atoms with Crippen molar-refractivity contribution in [2.24, 2.45) is 5.92 Å². The predicted octanol–water partition coefficient (Wildman–Crippen LogP) is 3.17. The maximum Gasteiger partial charge on any atom is 0.287 e. The first-order valence-electron chi connectivity index (χ1n) is 8.93. The first-order valence-corrected chi connectivity index (χ1v) is 8.93. The zero-order chi connectivity index (χ0) is 17.4. The molecule has 132 valence electrons. The van der Waals surface area contributed by atoms with Crippen LogP contribution in [0.25, 0.3) is 11.3 Å². The van der Waals surface area contributed by atoms with Crippen molar-refractivity contribution in [2.75, 3.05) is 20.2 Å². The molecule has 1 aromatic heterocycles. The molecular weight excluding hydrogens is 316 g/mol. The van der Waals surface area contributed by atoms with Crippen LogP contribution >= 0.6 is 0 Å². The standard InChI is InChI=1S/C20H24N2O3/c1-13-10-14-8-9-22(13)12-17(14)21-20(23)19-7-6-18(25-19)15-4-3-5-16(11-15)24-2/h3-7,11,13-14,17H,8-10,12H2,1-2H3,(H,21,23)/t13?,14?,17-/m0/s1. The normalized spacial score (nSPS) is 27.9. The second-order valence-corrected chi connectivity index (χ2v) is 7.10. The van der Waals surface area contributed by atoms with Gasteiger partial charge in [0.2, 0.25) is 0 Å². The zero-order valence-corrected chi connectivity index (χ0v) is 14.7. The molecule has 1 aromatic carbocycles. The van der Waals surface area contributed by atoms with Gasteiger partial charge >= 0.3 is 0 Å². The maximum absolute atomic E-state index is 12.6. The monoisotopic (exact) mass is 340 g/mol. The van der Waals surface area contributed by atoms with Gasteiger partial charge in [-0.15, -0.1) is 0 Å². The van der Waals surface area contributed by atoms with E-state index in [9.17, 15) is 4.79 Å². The highest BCUT2D eigenvalue weighted by Crippen LogP contribution is 2.32. The van der Waals surface area contributed by atoms with Gasteiger partial charge in [-0.05, 0) is 56.5 Å². The van der Waals surface area contributed by atoms with Gasteiger partial charge in [-0.3, -0.25) is 9.69 Å². The summed E-state index contributed by atoms with van der Waals surface area (Å²) in [5, 5.41) is 3.18. The first kappa shape index (κ1) is 16.2. The van der Waals surface area contributed by atoms with Gasteiger partial charge in [0.1, 0.15) is 11.5 Å². The third-order valence-electron chi connectivity index (χ3n) is 5.56. The number of furan rings is 1. The summed E-state index contributed by atoms with van der Waals surface area (Å²) in [4.78, 5) is 15.1. The number of ether oxygens (including phenoxy) is 1. The summed E-state index contributed by atoms with van der Waals surface area (Å²) in [6, 6.07) is 12.1. The molecule has 1 N–H and O–H groups in total. The van der Waals surface area contributed by atoms with Gasteiger partial charge in [-0.2, -0.15) is 0 Å². The van der Waals surface area contributed by atoms with Crippen molar-refractivity contribution in [3.05, 3.63) is 42.2 Å². The van der Waals surface area contributed by atoms with Gasteiger partial charge in [0.15, 0.2) is 5.76 Å². The molecule has 3 unspecified atom stereocenters. The molecule has 3 aliphatic rings. The number of carbonyl (C=O) groups is 1. The number of nitrogens with zero attached hydrogens (tertiary/aromatic N) is 1. The van der Waals surface area contributed by atoms with Crippen molar-refractivity contribution >= 4 is 5.91 Å². The number of nitrogens with one attached hydrogen (secondary N) is 1. The van der Waals surface area contributed by atoms with E-state index < -0.39 is 0 Å². The molecule has 2 aromatic rings. The molecule has 0 aliphatic carbocycles. The zero-order valence-electron chi connectivity index (χ0n) is 14.7. The summed E-state index contributed by atoms with van der Waals surface area (Å²) in [6.45, 7) is 4.37. The summed E-state index contributed by atoms with van der Waals surface area (Å²) in [6.07, 6.45) is 2.33. The molecule has 4 atom stereocenters. The Morgan fingerprint density at radius 1 is 1.32 bits per heavy atom. The van der Waals surface area contributed by atoms with Crippen molar-refractivity contribution in [1.29, 1.82) is 0 Å². The molecule has 0 spiro atoms. The highest BCUT2D eigenvalue weighted by molar-refractivity contribution is 5.92. The van der Waals surface area contributed by atoms with Crippen LogP contribution in [0.1, 0.15) is 30.3 Å². The molecule has 5 heteroatoms. The molecule has 2 bridgehead atoms. The summed E-state index contributed by atoms with van der Waals surface area (Å²) in [7, 11) is 1.63. The number of amides is 1. The minimum atomic E-state index is -0.124. The van der Waals surface area contributed by atoms with Crippen LogP contribution < -0.4 is 10.1 Å². The molecule has 25 heavy (non-hydrogen) atoms. The molecule has 0 saturated carbocycles. The lowest BCUT2D eigenvalue weighted by Crippen LogP contribution is -2.60. The van der Waals surface area contributed by atoms with Gasteiger partial charge in [-0.25, -0.2) is 0 Å². The minimum Gasteiger partial charge on any atom is -0.497 e. The van der Waals surface area contributed by atoms with Crippen molar-refractivity contribution in [2.45, 2.75) is 31.8 Å². The first-order chi connectivity index (χ1) is 12.1. The number of hydrogen-bond acceptors (Lipinski definition) is 4. The van der Waals surface area contributed by atoms with Crippen LogP contribution in [-0.2, 0) is 0 Å². The Kier molecular flexibility index (Phi) is 4.25. The van der Waals surface area contributed by atoms with Gasteiger partial charge < -0.3 is 14.5 Å². The molecule has 3 aliphatic heterocycles. The van der Waals surface area contributed by atoms with Gasteiger partial charge in [-0.1, -0.05) is 12.1 Å². The molecular formula is C20H24N2O3. The van der Waals surface area contributed by atoms with Gasteiger partial charge in [0.25, 0.3) is 5.91 Å². The van der Waals surface area contributed by atoms with E-state index in [0.29, 0.717) is 23.5 Å². The Bertz CT molecular complexity index is 770. The molecule has 3 fully saturated rings. The van der Waals surface area contributed by atoms with Crippen molar-refractivity contribution < 1.29 is 13.9 Å². The number of methoxy groups -OCH3 is 1. The average molecular weight is 340 g/mol. The molecule has 1 amide bonds. The lowest BCUT2D eigenvalue weighted by Gasteiger charge is -2.48. The molecule has 4 heterocycles. The van der Waals surface area contributed by atoms with E-state index in [0.717, 1.165) is 30.8 Å². The van der Waals surface area contributed by atoms with E-state index in [-0.39, 0.29) is 11.9 Å². The molecule has 0 radical (unpaired) electrons. The number of benzene rings is 1. The quantitative estimate of drug-likeness (QED) is 0.929. The fraction of sp³-hybridized carbons (Fsp3) is 0.450. The Morgan fingerprint density at radius 2 is 2.20 bits per heavy atom. The topological polar surface area (TPSA) is 54.7 Å². The Labute approximate surface area is 148 Å². The minimum absolute atomic E-state index is 0.124. The smallest absolute Gasteiger partial charge is 0.287 e. The second-order valence-electron chi connectivity index (χ2n) is 7.10. The average Bonchev–Trinajstić information content (AvgIpc) is 3.13. The fourth-order valence-electron chi connectivity index (χ4n) is 4.09. The maximum atomic E-state index is 12.6. The Morgan fingerprint density at radius 3 is 2.92 bits per heavy atom. The Balaban J connectivity index is 1.46. The molecule has 3 saturated heterocycles. The van der Waals surface area contributed by atoms with Crippen LogP contribution in [0.4, 0.5) is 0 Å². The number of carbonyl (C=O) groups excluding carboxylic acids is 1. The third-order valence-corrected chi connectivity index (χ3v) is 5.56. The number of piperidine rings is 3. The Hall–Kier alpha value is -2.27. The van der Waals surface area contributed by atoms with E-state index in [1.165, 1.54) is 6.42 Å². The van der Waals surface area contributed by atoms with Crippen LogP contribution in [-0.4, -0.2) is 43.1 Å².